The zero-order valence-corrected chi connectivity index (χ0v) is 13.7. The standard InChI is InChI=1S/C15H17ClN2O2S/c1-11-6-4-5-7-15(11)21(19,20)17-13-10-12(16)8-9-14(13)18(2)3/h4-10,17H,1-3H3. The maximum Gasteiger partial charge on any atom is 0.262 e. The van der Waals surface area contributed by atoms with Crippen molar-refractivity contribution in [3.8, 4) is 0 Å². The molecule has 0 aliphatic carbocycles. The van der Waals surface area contributed by atoms with Gasteiger partial charge in [-0.25, -0.2) is 8.42 Å². The molecular formula is C15H17ClN2O2S. The Kier molecular flexibility index (Phi) is 4.44. The van der Waals surface area contributed by atoms with Gasteiger partial charge >= 0.3 is 0 Å². The van der Waals surface area contributed by atoms with Crippen LogP contribution in [0.5, 0.6) is 0 Å². The summed E-state index contributed by atoms with van der Waals surface area (Å²) in [6, 6.07) is 12.0. The Morgan fingerprint density at radius 3 is 2.38 bits per heavy atom. The van der Waals surface area contributed by atoms with Crippen LogP contribution in [-0.4, -0.2) is 22.5 Å². The number of hydrogen-bond donors (Lipinski definition) is 1. The lowest BCUT2D eigenvalue weighted by Gasteiger charge is -2.19. The number of aryl methyl sites for hydroxylation is 1. The molecule has 2 aromatic rings. The summed E-state index contributed by atoms with van der Waals surface area (Å²) >= 11 is 5.97. The first kappa shape index (κ1) is 15.7. The predicted molar refractivity (Wildman–Crippen MR) is 87.8 cm³/mol. The average molecular weight is 325 g/mol. The Labute approximate surface area is 130 Å². The average Bonchev–Trinajstić information content (AvgIpc) is 2.38. The highest BCUT2D eigenvalue weighted by atomic mass is 35.5. The Hall–Kier alpha value is -1.72. The van der Waals surface area contributed by atoms with Gasteiger partial charge in [-0.3, -0.25) is 4.72 Å². The third-order valence-electron chi connectivity index (χ3n) is 3.07. The molecule has 6 heteroatoms. The fourth-order valence-electron chi connectivity index (χ4n) is 2.04. The summed E-state index contributed by atoms with van der Waals surface area (Å²) in [5, 5.41) is 0.475. The van der Waals surface area contributed by atoms with Gasteiger partial charge in [-0.2, -0.15) is 0 Å². The maximum absolute atomic E-state index is 12.5. The summed E-state index contributed by atoms with van der Waals surface area (Å²) in [4.78, 5) is 2.08. The number of rotatable bonds is 4. The number of sulfonamides is 1. The molecule has 2 rings (SSSR count). The molecule has 1 N–H and O–H groups in total. The molecule has 112 valence electrons. The first-order chi connectivity index (χ1) is 9.81. The van der Waals surface area contributed by atoms with Crippen molar-refractivity contribution in [3.05, 3.63) is 53.1 Å². The van der Waals surface area contributed by atoms with Crippen LogP contribution >= 0.6 is 11.6 Å². The Morgan fingerprint density at radius 1 is 1.10 bits per heavy atom. The van der Waals surface area contributed by atoms with Gasteiger partial charge in [-0.1, -0.05) is 29.8 Å². The molecule has 0 spiro atoms. The number of benzene rings is 2. The maximum atomic E-state index is 12.5. The molecule has 0 aliphatic rings. The van der Waals surface area contributed by atoms with Gasteiger partial charge in [-0.15, -0.1) is 0 Å². The fraction of sp³-hybridized carbons (Fsp3) is 0.200. The van der Waals surface area contributed by atoms with E-state index in [1.807, 2.05) is 19.0 Å². The largest absolute Gasteiger partial charge is 0.376 e. The second-order valence-electron chi connectivity index (χ2n) is 4.93. The summed E-state index contributed by atoms with van der Waals surface area (Å²) < 4.78 is 27.7. The molecule has 0 bridgehead atoms. The van der Waals surface area contributed by atoms with E-state index in [9.17, 15) is 8.42 Å². The van der Waals surface area contributed by atoms with Crippen molar-refractivity contribution < 1.29 is 8.42 Å². The van der Waals surface area contributed by atoms with E-state index in [0.717, 1.165) is 5.69 Å². The highest BCUT2D eigenvalue weighted by molar-refractivity contribution is 7.92. The van der Waals surface area contributed by atoms with Crippen molar-refractivity contribution in [1.82, 2.24) is 0 Å². The first-order valence-electron chi connectivity index (χ1n) is 6.36. The predicted octanol–water partition coefficient (Wildman–Crippen LogP) is 3.52. The minimum Gasteiger partial charge on any atom is -0.376 e. The van der Waals surface area contributed by atoms with E-state index in [0.29, 0.717) is 16.3 Å². The van der Waals surface area contributed by atoms with Crippen molar-refractivity contribution in [2.75, 3.05) is 23.7 Å². The summed E-state index contributed by atoms with van der Waals surface area (Å²) in [5.74, 6) is 0. The molecule has 0 heterocycles. The van der Waals surface area contributed by atoms with Crippen molar-refractivity contribution >= 4 is 33.0 Å². The molecule has 0 saturated heterocycles. The summed E-state index contributed by atoms with van der Waals surface area (Å²) in [5.41, 5.74) is 1.89. The van der Waals surface area contributed by atoms with Gasteiger partial charge in [0.1, 0.15) is 0 Å². The number of halogens is 1. The number of hydrogen-bond acceptors (Lipinski definition) is 3. The van der Waals surface area contributed by atoms with Crippen LogP contribution in [0.15, 0.2) is 47.4 Å². The lowest BCUT2D eigenvalue weighted by Crippen LogP contribution is -2.18. The second-order valence-corrected chi connectivity index (χ2v) is 7.01. The van der Waals surface area contributed by atoms with Crippen molar-refractivity contribution in [1.29, 1.82) is 0 Å². The van der Waals surface area contributed by atoms with Gasteiger partial charge in [0.2, 0.25) is 0 Å². The highest BCUT2D eigenvalue weighted by Gasteiger charge is 2.18. The van der Waals surface area contributed by atoms with E-state index in [1.54, 1.807) is 49.4 Å². The number of anilines is 2. The van der Waals surface area contributed by atoms with Crippen molar-refractivity contribution in [3.63, 3.8) is 0 Å². The van der Waals surface area contributed by atoms with Crippen LogP contribution in [0.3, 0.4) is 0 Å². The quantitative estimate of drug-likeness (QED) is 0.936. The molecule has 2 aromatic carbocycles. The van der Waals surface area contributed by atoms with Crippen LogP contribution < -0.4 is 9.62 Å². The molecule has 4 nitrogen and oxygen atoms in total. The van der Waals surface area contributed by atoms with Gasteiger partial charge < -0.3 is 4.90 Å². The smallest absolute Gasteiger partial charge is 0.262 e. The van der Waals surface area contributed by atoms with Crippen molar-refractivity contribution in [2.24, 2.45) is 0 Å². The van der Waals surface area contributed by atoms with E-state index in [2.05, 4.69) is 4.72 Å². The van der Waals surface area contributed by atoms with E-state index < -0.39 is 10.0 Å². The Bertz CT molecular complexity index is 758. The van der Waals surface area contributed by atoms with Gasteiger partial charge in [-0.05, 0) is 36.8 Å². The van der Waals surface area contributed by atoms with Gasteiger partial charge in [0.25, 0.3) is 10.0 Å². The summed E-state index contributed by atoms with van der Waals surface area (Å²) in [6.45, 7) is 1.76. The van der Waals surface area contributed by atoms with Crippen LogP contribution in [0.25, 0.3) is 0 Å². The molecular weight excluding hydrogens is 308 g/mol. The summed E-state index contributed by atoms with van der Waals surface area (Å²) in [6.07, 6.45) is 0. The van der Waals surface area contributed by atoms with Gasteiger partial charge in [0.15, 0.2) is 0 Å². The molecule has 21 heavy (non-hydrogen) atoms. The lowest BCUT2D eigenvalue weighted by atomic mass is 10.2. The molecule has 0 radical (unpaired) electrons. The van der Waals surface area contributed by atoms with Crippen LogP contribution in [0.4, 0.5) is 11.4 Å². The monoisotopic (exact) mass is 324 g/mol. The number of nitrogens with one attached hydrogen (secondary N) is 1. The third kappa shape index (κ3) is 3.49. The molecule has 0 aliphatic heterocycles. The first-order valence-corrected chi connectivity index (χ1v) is 8.23. The van der Waals surface area contributed by atoms with Crippen LogP contribution in [-0.2, 0) is 10.0 Å². The molecule has 0 amide bonds. The highest BCUT2D eigenvalue weighted by Crippen LogP contribution is 2.30. The van der Waals surface area contributed by atoms with Crippen molar-refractivity contribution in [2.45, 2.75) is 11.8 Å². The second kappa shape index (κ2) is 5.95. The topological polar surface area (TPSA) is 49.4 Å². The molecule has 0 saturated carbocycles. The Morgan fingerprint density at radius 2 is 1.76 bits per heavy atom. The van der Waals surface area contributed by atoms with E-state index in [1.165, 1.54) is 0 Å². The molecule has 0 atom stereocenters. The van der Waals surface area contributed by atoms with Gasteiger partial charge in [0.05, 0.1) is 16.3 Å². The van der Waals surface area contributed by atoms with E-state index in [4.69, 9.17) is 11.6 Å². The van der Waals surface area contributed by atoms with Crippen LogP contribution in [0, 0.1) is 6.92 Å². The zero-order valence-electron chi connectivity index (χ0n) is 12.1. The third-order valence-corrected chi connectivity index (χ3v) is 4.83. The minimum atomic E-state index is -3.65. The molecule has 0 aromatic heterocycles. The normalized spacial score (nSPS) is 11.2. The van der Waals surface area contributed by atoms with Crippen LogP contribution in [0.2, 0.25) is 5.02 Å². The lowest BCUT2D eigenvalue weighted by molar-refractivity contribution is 0.600. The van der Waals surface area contributed by atoms with Crippen LogP contribution in [0.1, 0.15) is 5.56 Å². The number of nitrogens with zero attached hydrogens (tertiary/aromatic N) is 1. The van der Waals surface area contributed by atoms with E-state index in [-0.39, 0.29) is 4.90 Å². The fourth-order valence-corrected chi connectivity index (χ4v) is 3.52. The Balaban J connectivity index is 2.47. The summed E-state index contributed by atoms with van der Waals surface area (Å²) in [7, 11) is 0.0320. The SMILES string of the molecule is Cc1ccccc1S(=O)(=O)Nc1cc(Cl)ccc1N(C)C. The minimum absolute atomic E-state index is 0.259. The molecule has 0 fully saturated rings. The zero-order chi connectivity index (χ0) is 15.6. The molecule has 0 unspecified atom stereocenters. The van der Waals surface area contributed by atoms with Gasteiger partial charge in [0, 0.05) is 19.1 Å². The van der Waals surface area contributed by atoms with E-state index >= 15 is 0 Å².